The summed E-state index contributed by atoms with van der Waals surface area (Å²) in [5, 5.41) is 14.8. The van der Waals surface area contributed by atoms with Gasteiger partial charge < -0.3 is 25.2 Å². The van der Waals surface area contributed by atoms with Crippen molar-refractivity contribution < 1.29 is 54.2 Å². The van der Waals surface area contributed by atoms with Crippen LogP contribution in [0.2, 0.25) is 0 Å². The Morgan fingerprint density at radius 2 is 1.12 bits per heavy atom. The molecule has 0 aliphatic carbocycles. The minimum absolute atomic E-state index is 0. The van der Waals surface area contributed by atoms with Gasteiger partial charge in [-0.1, -0.05) is 33.8 Å². The van der Waals surface area contributed by atoms with E-state index in [1.807, 2.05) is 0 Å². The SMILES string of the molecule is CC(=O)O.CC(=O)O.Cc1cc(C)c(C2=N[C@@H](C(C)C)CO2)cc1C1=N[C@@H](C(C)C)CO1.O.[Rh]. The molecule has 0 saturated heterocycles. The van der Waals surface area contributed by atoms with Crippen LogP contribution in [-0.4, -0.2) is 64.7 Å². The Labute approximate surface area is 214 Å². The number of rotatable bonds is 4. The molecule has 0 bridgehead atoms. The van der Waals surface area contributed by atoms with Gasteiger partial charge in [0.1, 0.15) is 13.2 Å². The summed E-state index contributed by atoms with van der Waals surface area (Å²) >= 11 is 0. The average Bonchev–Trinajstić information content (AvgIpc) is 3.31. The van der Waals surface area contributed by atoms with Gasteiger partial charge >= 0.3 is 0 Å². The van der Waals surface area contributed by atoms with Crippen LogP contribution in [0.15, 0.2) is 22.1 Å². The maximum absolute atomic E-state index is 9.00. The van der Waals surface area contributed by atoms with Crippen molar-refractivity contribution in [2.24, 2.45) is 21.8 Å². The standard InChI is InChI=1S/C20H28N2O2.2C2H4O2.H2O.Rh/c1-11(2)17-9-23-19(21-17)15-8-16(14(6)7-13(15)5)20-22-18(10-24-20)12(3)4;2*1-2(3)4;;/h7-8,11-12,17-18H,9-10H2,1-6H3;2*1H3,(H,3,4);1H2;/t17-,18-;;;;/m1..../s1. The first kappa shape index (κ1) is 33.9. The van der Waals surface area contributed by atoms with Crippen LogP contribution >= 0.6 is 0 Å². The normalized spacial score (nSPS) is 17.9. The van der Waals surface area contributed by atoms with Gasteiger partial charge in [0.15, 0.2) is 0 Å². The fraction of sp³-hybridized carbons (Fsp3) is 0.583. The Bertz CT molecular complexity index is 807. The van der Waals surface area contributed by atoms with Gasteiger partial charge in [-0.25, -0.2) is 9.98 Å². The third-order valence-corrected chi connectivity index (χ3v) is 4.92. The number of nitrogens with zero attached hydrogens (tertiary/aromatic N) is 2. The Kier molecular flexibility index (Phi) is 15.5. The van der Waals surface area contributed by atoms with E-state index in [4.69, 9.17) is 39.3 Å². The Morgan fingerprint density at radius 3 is 1.35 bits per heavy atom. The molecule has 2 heterocycles. The zero-order valence-electron chi connectivity index (χ0n) is 21.1. The van der Waals surface area contributed by atoms with E-state index in [-0.39, 0.29) is 37.0 Å². The molecule has 2 aliphatic heterocycles. The van der Waals surface area contributed by atoms with Crippen LogP contribution in [0.5, 0.6) is 0 Å². The van der Waals surface area contributed by atoms with Crippen molar-refractivity contribution in [1.29, 1.82) is 0 Å². The molecule has 1 aromatic rings. The summed E-state index contributed by atoms with van der Waals surface area (Å²) in [6, 6.07) is 4.80. The third kappa shape index (κ3) is 10.7. The summed E-state index contributed by atoms with van der Waals surface area (Å²) in [7, 11) is 0. The molecule has 1 radical (unpaired) electrons. The molecule has 0 amide bonds. The summed E-state index contributed by atoms with van der Waals surface area (Å²) in [6.07, 6.45) is 0. The molecule has 2 atom stereocenters. The van der Waals surface area contributed by atoms with Gasteiger partial charge in [0.2, 0.25) is 11.8 Å². The van der Waals surface area contributed by atoms with Crippen molar-refractivity contribution in [3.05, 3.63) is 34.4 Å². The molecule has 3 rings (SSSR count). The molecular weight excluding hydrogens is 531 g/mol. The van der Waals surface area contributed by atoms with E-state index in [2.05, 4.69) is 53.7 Å². The van der Waals surface area contributed by atoms with E-state index >= 15 is 0 Å². The number of hydrogen-bond donors (Lipinski definition) is 2. The molecule has 34 heavy (non-hydrogen) atoms. The third-order valence-electron chi connectivity index (χ3n) is 4.92. The molecule has 0 saturated carbocycles. The molecule has 0 aromatic heterocycles. The van der Waals surface area contributed by atoms with Crippen LogP contribution in [0.25, 0.3) is 0 Å². The molecular formula is C24H38N2O7Rh. The number of aryl methyl sites for hydroxylation is 2. The summed E-state index contributed by atoms with van der Waals surface area (Å²) in [4.78, 5) is 27.5. The van der Waals surface area contributed by atoms with Gasteiger partial charge in [-0.3, -0.25) is 9.59 Å². The number of hydrogen-bond acceptors (Lipinski definition) is 6. The van der Waals surface area contributed by atoms with Gasteiger partial charge in [-0.05, 0) is 42.9 Å². The summed E-state index contributed by atoms with van der Waals surface area (Å²) in [6.45, 7) is 16.4. The number of carboxylic acids is 2. The predicted molar refractivity (Wildman–Crippen MR) is 128 cm³/mol. The predicted octanol–water partition coefficient (Wildman–Crippen LogP) is 3.26. The minimum atomic E-state index is -0.833. The second-order valence-corrected chi connectivity index (χ2v) is 8.63. The largest absolute Gasteiger partial charge is 0.481 e. The van der Waals surface area contributed by atoms with E-state index < -0.39 is 11.9 Å². The Hall–Kier alpha value is -2.32. The van der Waals surface area contributed by atoms with E-state index in [0.717, 1.165) is 36.8 Å². The number of ether oxygens (including phenoxy) is 2. The number of carboxylic acid groups (broad SMARTS) is 2. The monoisotopic (exact) mass is 569 g/mol. The van der Waals surface area contributed by atoms with Gasteiger partial charge in [0.05, 0.1) is 12.1 Å². The second-order valence-electron chi connectivity index (χ2n) is 8.63. The average molecular weight is 569 g/mol. The van der Waals surface area contributed by atoms with E-state index in [1.165, 1.54) is 11.1 Å². The molecule has 4 N–H and O–H groups in total. The zero-order chi connectivity index (χ0) is 24.6. The van der Waals surface area contributed by atoms with Crippen LogP contribution in [0.4, 0.5) is 0 Å². The van der Waals surface area contributed by atoms with E-state index in [1.54, 1.807) is 0 Å². The van der Waals surface area contributed by atoms with Crippen molar-refractivity contribution in [3.63, 3.8) is 0 Å². The zero-order valence-corrected chi connectivity index (χ0v) is 22.8. The Balaban J connectivity index is 0. The molecule has 9 nitrogen and oxygen atoms in total. The van der Waals surface area contributed by atoms with E-state index in [9.17, 15) is 0 Å². The van der Waals surface area contributed by atoms with Gasteiger partial charge in [-0.2, -0.15) is 0 Å². The molecule has 2 aliphatic rings. The molecule has 0 unspecified atom stereocenters. The smallest absolute Gasteiger partial charge is 0.300 e. The number of aliphatic imine (C=N–C) groups is 2. The molecule has 1 aromatic carbocycles. The van der Waals surface area contributed by atoms with Gasteiger partial charge in [-0.15, -0.1) is 0 Å². The molecule has 10 heteroatoms. The number of benzene rings is 1. The van der Waals surface area contributed by atoms with Crippen LogP contribution in [0, 0.1) is 25.7 Å². The van der Waals surface area contributed by atoms with Crippen molar-refractivity contribution in [3.8, 4) is 0 Å². The second kappa shape index (κ2) is 15.6. The van der Waals surface area contributed by atoms with Crippen molar-refractivity contribution in [2.45, 2.75) is 67.5 Å². The maximum Gasteiger partial charge on any atom is 0.300 e. The first-order valence-corrected chi connectivity index (χ1v) is 10.8. The first-order valence-electron chi connectivity index (χ1n) is 10.8. The quantitative estimate of drug-likeness (QED) is 0.532. The molecule has 0 spiro atoms. The topological polar surface area (TPSA) is 149 Å². The van der Waals surface area contributed by atoms with Crippen LogP contribution < -0.4 is 0 Å². The van der Waals surface area contributed by atoms with Gasteiger partial charge in [0, 0.05) is 44.5 Å². The van der Waals surface area contributed by atoms with Crippen LogP contribution in [0.3, 0.4) is 0 Å². The van der Waals surface area contributed by atoms with Crippen LogP contribution in [-0.2, 0) is 38.5 Å². The Morgan fingerprint density at radius 1 is 0.824 bits per heavy atom. The number of carbonyl (C=O) groups is 2. The molecule has 0 fully saturated rings. The fourth-order valence-corrected chi connectivity index (χ4v) is 3.07. The summed E-state index contributed by atoms with van der Waals surface area (Å²) < 4.78 is 11.8. The van der Waals surface area contributed by atoms with E-state index in [0.29, 0.717) is 25.0 Å². The minimum Gasteiger partial charge on any atom is -0.481 e. The van der Waals surface area contributed by atoms with Crippen molar-refractivity contribution >= 4 is 23.7 Å². The number of aliphatic carboxylic acids is 2. The van der Waals surface area contributed by atoms with Crippen LogP contribution in [0.1, 0.15) is 63.8 Å². The fourth-order valence-electron chi connectivity index (χ4n) is 3.07. The van der Waals surface area contributed by atoms with Gasteiger partial charge in [0.25, 0.3) is 11.9 Å². The van der Waals surface area contributed by atoms with Crippen molar-refractivity contribution in [1.82, 2.24) is 0 Å². The van der Waals surface area contributed by atoms with Crippen molar-refractivity contribution in [2.75, 3.05) is 13.2 Å². The summed E-state index contributed by atoms with van der Waals surface area (Å²) in [5.74, 6) is 0.821. The molecule has 195 valence electrons. The maximum atomic E-state index is 9.00. The first-order chi connectivity index (χ1) is 14.8. The summed E-state index contributed by atoms with van der Waals surface area (Å²) in [5.41, 5.74) is 4.47.